The molecule has 0 aliphatic rings. The minimum atomic E-state index is -2.84. The number of aliphatic hydroxyl groups excluding tert-OH is 1. The Morgan fingerprint density at radius 2 is 1.92 bits per heavy atom. The highest BCUT2D eigenvalue weighted by Gasteiger charge is 2.19. The van der Waals surface area contributed by atoms with Gasteiger partial charge in [0.25, 0.3) is 6.43 Å². The van der Waals surface area contributed by atoms with Gasteiger partial charge < -0.3 is 5.11 Å². The van der Waals surface area contributed by atoms with Gasteiger partial charge in [-0.1, -0.05) is 12.1 Å². The molecule has 1 N–H and O–H groups in total. The lowest BCUT2D eigenvalue weighted by molar-refractivity contribution is -0.00584. The maximum atomic E-state index is 12.7. The van der Waals surface area contributed by atoms with E-state index in [0.29, 0.717) is 0 Å². The molecule has 1 atom stereocenters. The van der Waals surface area contributed by atoms with Crippen LogP contribution >= 0.6 is 0 Å². The van der Waals surface area contributed by atoms with E-state index in [9.17, 15) is 13.2 Å². The second-order valence-electron chi connectivity index (χ2n) is 2.79. The third kappa shape index (κ3) is 2.21. The third-order valence-corrected chi connectivity index (χ3v) is 1.76. The van der Waals surface area contributed by atoms with Gasteiger partial charge in [0, 0.05) is 0 Å². The first-order valence-corrected chi connectivity index (χ1v) is 3.74. The van der Waals surface area contributed by atoms with Crippen LogP contribution in [0.25, 0.3) is 0 Å². The number of hydrogen-bond acceptors (Lipinski definition) is 1. The monoisotopic (exact) mass is 190 g/mol. The summed E-state index contributed by atoms with van der Waals surface area (Å²) in [6, 6.07) is 3.43. The minimum absolute atomic E-state index is 0.0360. The molecule has 0 radical (unpaired) electrons. The first kappa shape index (κ1) is 10.1. The Bertz CT molecular complexity index is 299. The van der Waals surface area contributed by atoms with Crippen LogP contribution in [0.5, 0.6) is 0 Å². The topological polar surface area (TPSA) is 20.2 Å². The molecule has 13 heavy (non-hydrogen) atoms. The van der Waals surface area contributed by atoms with E-state index in [1.54, 1.807) is 0 Å². The van der Waals surface area contributed by atoms with E-state index in [-0.39, 0.29) is 11.1 Å². The number of rotatable bonds is 2. The zero-order chi connectivity index (χ0) is 10.0. The summed E-state index contributed by atoms with van der Waals surface area (Å²) in [5, 5.41) is 8.94. The van der Waals surface area contributed by atoms with Crippen LogP contribution < -0.4 is 0 Å². The molecule has 0 aliphatic carbocycles. The van der Waals surface area contributed by atoms with Crippen LogP contribution in [0.4, 0.5) is 13.2 Å². The normalized spacial score (nSPS) is 13.4. The quantitative estimate of drug-likeness (QED) is 0.759. The SMILES string of the molecule is Cc1cc(C(O)C(F)F)ccc1F. The van der Waals surface area contributed by atoms with Crippen LogP contribution in [0.2, 0.25) is 0 Å². The average molecular weight is 190 g/mol. The Morgan fingerprint density at radius 3 is 2.38 bits per heavy atom. The van der Waals surface area contributed by atoms with E-state index < -0.39 is 18.3 Å². The first-order chi connectivity index (χ1) is 6.02. The van der Waals surface area contributed by atoms with E-state index in [4.69, 9.17) is 5.11 Å². The predicted molar refractivity (Wildman–Crippen MR) is 42.1 cm³/mol. The highest BCUT2D eigenvalue weighted by Crippen LogP contribution is 2.21. The lowest BCUT2D eigenvalue weighted by Crippen LogP contribution is -2.08. The molecule has 0 amide bonds. The van der Waals surface area contributed by atoms with Crippen molar-refractivity contribution >= 4 is 0 Å². The molecule has 0 saturated heterocycles. The molecule has 1 aromatic carbocycles. The maximum Gasteiger partial charge on any atom is 0.268 e. The summed E-state index contributed by atoms with van der Waals surface area (Å²) in [5.41, 5.74) is 0.283. The molecular weight excluding hydrogens is 181 g/mol. The average Bonchev–Trinajstić information content (AvgIpc) is 2.08. The van der Waals surface area contributed by atoms with Gasteiger partial charge in [-0.3, -0.25) is 0 Å². The van der Waals surface area contributed by atoms with Crippen LogP contribution in [-0.2, 0) is 0 Å². The lowest BCUT2D eigenvalue weighted by atomic mass is 10.1. The van der Waals surface area contributed by atoms with Gasteiger partial charge in [-0.25, -0.2) is 13.2 Å². The number of alkyl halides is 2. The zero-order valence-electron chi connectivity index (χ0n) is 6.97. The molecule has 0 fully saturated rings. The fourth-order valence-electron chi connectivity index (χ4n) is 0.997. The van der Waals surface area contributed by atoms with Crippen molar-refractivity contribution in [1.29, 1.82) is 0 Å². The Morgan fingerprint density at radius 1 is 1.31 bits per heavy atom. The van der Waals surface area contributed by atoms with Crippen LogP contribution in [-0.4, -0.2) is 11.5 Å². The summed E-state index contributed by atoms with van der Waals surface area (Å²) in [4.78, 5) is 0. The Hall–Kier alpha value is -1.03. The molecule has 1 unspecified atom stereocenters. The van der Waals surface area contributed by atoms with Crippen molar-refractivity contribution in [3.05, 3.63) is 35.1 Å². The van der Waals surface area contributed by atoms with Crippen LogP contribution in [0.15, 0.2) is 18.2 Å². The standard InChI is InChI=1S/C9H9F3O/c1-5-4-6(2-3-7(5)10)8(13)9(11)12/h2-4,8-9,13H,1H3. The van der Waals surface area contributed by atoms with Gasteiger partial charge in [-0.05, 0) is 24.1 Å². The molecule has 0 spiro atoms. The molecule has 72 valence electrons. The number of hydrogen-bond donors (Lipinski definition) is 1. The summed E-state index contributed by atoms with van der Waals surface area (Å²) in [6.45, 7) is 1.46. The second kappa shape index (κ2) is 3.79. The van der Waals surface area contributed by atoms with Crippen molar-refractivity contribution in [2.75, 3.05) is 0 Å². The summed E-state index contributed by atoms with van der Waals surface area (Å²) in [5.74, 6) is -0.467. The van der Waals surface area contributed by atoms with Gasteiger partial charge in [-0.15, -0.1) is 0 Å². The molecule has 1 rings (SSSR count). The number of halogens is 3. The van der Waals surface area contributed by atoms with Gasteiger partial charge >= 0.3 is 0 Å². The van der Waals surface area contributed by atoms with Crippen molar-refractivity contribution in [1.82, 2.24) is 0 Å². The number of aliphatic hydroxyl groups is 1. The molecule has 1 aromatic rings. The van der Waals surface area contributed by atoms with Crippen LogP contribution in [0.1, 0.15) is 17.2 Å². The van der Waals surface area contributed by atoms with E-state index in [1.165, 1.54) is 13.0 Å². The van der Waals surface area contributed by atoms with E-state index in [0.717, 1.165) is 12.1 Å². The second-order valence-corrected chi connectivity index (χ2v) is 2.79. The lowest BCUT2D eigenvalue weighted by Gasteiger charge is -2.10. The smallest absolute Gasteiger partial charge is 0.268 e. The Kier molecular flexibility index (Phi) is 2.93. The van der Waals surface area contributed by atoms with Crippen LogP contribution in [0, 0.1) is 12.7 Å². The zero-order valence-corrected chi connectivity index (χ0v) is 6.97. The van der Waals surface area contributed by atoms with Crippen molar-refractivity contribution in [3.63, 3.8) is 0 Å². The van der Waals surface area contributed by atoms with Gasteiger partial charge in [0.05, 0.1) is 0 Å². The van der Waals surface area contributed by atoms with Gasteiger partial charge in [0.15, 0.2) is 0 Å². The molecule has 1 nitrogen and oxygen atoms in total. The number of benzene rings is 1. The van der Waals surface area contributed by atoms with Gasteiger partial charge in [-0.2, -0.15) is 0 Å². The molecule has 0 saturated carbocycles. The summed E-state index contributed by atoms with van der Waals surface area (Å²) >= 11 is 0. The Balaban J connectivity index is 2.97. The molecule has 0 bridgehead atoms. The van der Waals surface area contributed by atoms with E-state index in [1.807, 2.05) is 0 Å². The summed E-state index contributed by atoms with van der Waals surface area (Å²) < 4.78 is 36.7. The number of aryl methyl sites for hydroxylation is 1. The van der Waals surface area contributed by atoms with Crippen molar-refractivity contribution in [3.8, 4) is 0 Å². The van der Waals surface area contributed by atoms with Crippen molar-refractivity contribution < 1.29 is 18.3 Å². The fraction of sp³-hybridized carbons (Fsp3) is 0.333. The summed E-state index contributed by atoms with van der Waals surface area (Å²) in [7, 11) is 0. The fourth-order valence-corrected chi connectivity index (χ4v) is 0.997. The van der Waals surface area contributed by atoms with E-state index >= 15 is 0 Å². The highest BCUT2D eigenvalue weighted by atomic mass is 19.3. The largest absolute Gasteiger partial charge is 0.382 e. The Labute approximate surface area is 73.8 Å². The van der Waals surface area contributed by atoms with Gasteiger partial charge in [0.2, 0.25) is 0 Å². The predicted octanol–water partition coefficient (Wildman–Crippen LogP) is 2.43. The first-order valence-electron chi connectivity index (χ1n) is 3.74. The molecular formula is C9H9F3O. The van der Waals surface area contributed by atoms with Gasteiger partial charge in [0.1, 0.15) is 11.9 Å². The van der Waals surface area contributed by atoms with E-state index in [2.05, 4.69) is 0 Å². The minimum Gasteiger partial charge on any atom is -0.382 e. The molecule has 0 heterocycles. The van der Waals surface area contributed by atoms with Crippen molar-refractivity contribution in [2.24, 2.45) is 0 Å². The third-order valence-electron chi connectivity index (χ3n) is 1.76. The summed E-state index contributed by atoms with van der Waals surface area (Å²) in [6.07, 6.45) is -4.68. The molecule has 0 aliphatic heterocycles. The highest BCUT2D eigenvalue weighted by molar-refractivity contribution is 5.25. The molecule has 4 heteroatoms. The molecule has 0 aromatic heterocycles. The van der Waals surface area contributed by atoms with Crippen molar-refractivity contribution in [2.45, 2.75) is 19.5 Å². The maximum absolute atomic E-state index is 12.7. The van der Waals surface area contributed by atoms with Crippen LogP contribution in [0.3, 0.4) is 0 Å².